The largest absolute Gasteiger partial charge is 0.381 e. The van der Waals surface area contributed by atoms with Crippen LogP contribution in [-0.4, -0.2) is 53.9 Å². The number of hydrogen-bond donors (Lipinski definition) is 1. The zero-order valence-corrected chi connectivity index (χ0v) is 15.1. The van der Waals surface area contributed by atoms with E-state index in [9.17, 15) is 9.18 Å². The van der Waals surface area contributed by atoms with E-state index in [4.69, 9.17) is 9.47 Å². The smallest absolute Gasteiger partial charge is 0.273 e. The lowest BCUT2D eigenvalue weighted by Gasteiger charge is -2.10. The van der Waals surface area contributed by atoms with E-state index >= 15 is 0 Å². The minimum atomic E-state index is -0.311. The Morgan fingerprint density at radius 1 is 1.30 bits per heavy atom. The van der Waals surface area contributed by atoms with Crippen molar-refractivity contribution < 1.29 is 18.7 Å². The van der Waals surface area contributed by atoms with Crippen LogP contribution in [0.25, 0.3) is 5.69 Å². The number of amides is 1. The summed E-state index contributed by atoms with van der Waals surface area (Å²) in [7, 11) is 0. The van der Waals surface area contributed by atoms with Gasteiger partial charge in [0, 0.05) is 25.0 Å². The summed E-state index contributed by atoms with van der Waals surface area (Å²) in [5.74, 6) is 0.161. The van der Waals surface area contributed by atoms with E-state index in [2.05, 4.69) is 15.6 Å². The Morgan fingerprint density at radius 3 is 2.81 bits per heavy atom. The van der Waals surface area contributed by atoms with Gasteiger partial charge >= 0.3 is 0 Å². The molecule has 0 radical (unpaired) electrons. The van der Waals surface area contributed by atoms with E-state index in [1.807, 2.05) is 0 Å². The molecule has 2 aromatic rings. The maximum Gasteiger partial charge on any atom is 0.273 e. The molecule has 4 rings (SSSR count). The SMILES string of the molecule is O=C(NCCOC[C@@H]1CCOC1)c1nnn(-c2ccc(F)cc2)c1C1CC1. The molecule has 27 heavy (non-hydrogen) atoms. The average molecular weight is 374 g/mol. The molecule has 2 fully saturated rings. The van der Waals surface area contributed by atoms with Gasteiger partial charge < -0.3 is 14.8 Å². The molecule has 1 aliphatic carbocycles. The fraction of sp³-hybridized carbons (Fsp3) is 0.526. The highest BCUT2D eigenvalue weighted by Gasteiger charge is 2.34. The molecule has 1 atom stereocenters. The topological polar surface area (TPSA) is 78.3 Å². The van der Waals surface area contributed by atoms with Gasteiger partial charge in [0.05, 0.1) is 31.2 Å². The number of nitrogens with one attached hydrogen (secondary N) is 1. The molecule has 7 nitrogen and oxygen atoms in total. The lowest BCUT2D eigenvalue weighted by Crippen LogP contribution is -2.29. The number of carbonyl (C=O) groups excluding carboxylic acids is 1. The molecule has 1 saturated heterocycles. The Bertz CT molecular complexity index is 783. The normalized spacial score (nSPS) is 19.4. The summed E-state index contributed by atoms with van der Waals surface area (Å²) in [5.41, 5.74) is 1.83. The van der Waals surface area contributed by atoms with E-state index < -0.39 is 0 Å². The predicted molar refractivity (Wildman–Crippen MR) is 95.4 cm³/mol. The number of hydrogen-bond acceptors (Lipinski definition) is 5. The van der Waals surface area contributed by atoms with Crippen LogP contribution in [0.5, 0.6) is 0 Å². The second-order valence-corrected chi connectivity index (χ2v) is 7.05. The molecule has 1 saturated carbocycles. The monoisotopic (exact) mass is 374 g/mol. The predicted octanol–water partition coefficient (Wildman–Crippen LogP) is 2.07. The van der Waals surface area contributed by atoms with Gasteiger partial charge in [-0.1, -0.05) is 5.21 Å². The first-order valence-electron chi connectivity index (χ1n) is 9.37. The fourth-order valence-corrected chi connectivity index (χ4v) is 3.23. The zero-order chi connectivity index (χ0) is 18.6. The fourth-order valence-electron chi connectivity index (χ4n) is 3.23. The Morgan fingerprint density at radius 2 is 2.11 bits per heavy atom. The maximum atomic E-state index is 13.2. The molecule has 1 aromatic carbocycles. The summed E-state index contributed by atoms with van der Waals surface area (Å²) in [5, 5.41) is 11.1. The number of carbonyl (C=O) groups is 1. The summed E-state index contributed by atoms with van der Waals surface area (Å²) in [4.78, 5) is 12.6. The molecule has 0 unspecified atom stereocenters. The number of nitrogens with zero attached hydrogens (tertiary/aromatic N) is 3. The van der Waals surface area contributed by atoms with E-state index in [1.165, 1.54) is 12.1 Å². The molecular formula is C19H23FN4O3. The molecule has 1 amide bonds. The number of halogens is 1. The first-order valence-corrected chi connectivity index (χ1v) is 9.37. The van der Waals surface area contributed by atoms with Crippen LogP contribution < -0.4 is 5.32 Å². The molecule has 1 aromatic heterocycles. The summed E-state index contributed by atoms with van der Waals surface area (Å²) < 4.78 is 25.7. The Balaban J connectivity index is 1.36. The minimum Gasteiger partial charge on any atom is -0.381 e. The quantitative estimate of drug-likeness (QED) is 0.716. The second-order valence-electron chi connectivity index (χ2n) is 7.05. The summed E-state index contributed by atoms with van der Waals surface area (Å²) in [6, 6.07) is 6.02. The highest BCUT2D eigenvalue weighted by Crippen LogP contribution is 2.41. The first kappa shape index (κ1) is 18.1. The van der Waals surface area contributed by atoms with Crippen LogP contribution in [0.15, 0.2) is 24.3 Å². The van der Waals surface area contributed by atoms with Crippen LogP contribution >= 0.6 is 0 Å². The molecule has 1 aliphatic heterocycles. The van der Waals surface area contributed by atoms with Gasteiger partial charge in [0.15, 0.2) is 5.69 Å². The average Bonchev–Trinajstić information content (AvgIpc) is 3.19. The van der Waals surface area contributed by atoms with E-state index in [1.54, 1.807) is 16.8 Å². The minimum absolute atomic E-state index is 0.252. The van der Waals surface area contributed by atoms with Crippen LogP contribution in [0.4, 0.5) is 4.39 Å². The molecule has 8 heteroatoms. The molecule has 0 spiro atoms. The van der Waals surface area contributed by atoms with Crippen LogP contribution in [0.2, 0.25) is 0 Å². The van der Waals surface area contributed by atoms with Crippen molar-refractivity contribution >= 4 is 5.91 Å². The van der Waals surface area contributed by atoms with Crippen molar-refractivity contribution in [3.8, 4) is 5.69 Å². The van der Waals surface area contributed by atoms with Gasteiger partial charge in [0.1, 0.15) is 5.82 Å². The van der Waals surface area contributed by atoms with Gasteiger partial charge in [-0.2, -0.15) is 0 Å². The van der Waals surface area contributed by atoms with E-state index in [0.717, 1.165) is 38.2 Å². The van der Waals surface area contributed by atoms with Gasteiger partial charge in [0.2, 0.25) is 0 Å². The molecule has 2 aliphatic rings. The third kappa shape index (κ3) is 4.33. The Kier molecular flexibility index (Phi) is 5.45. The Labute approximate surface area is 156 Å². The lowest BCUT2D eigenvalue weighted by molar-refractivity contribution is 0.0820. The van der Waals surface area contributed by atoms with Crippen molar-refractivity contribution in [2.45, 2.75) is 25.2 Å². The van der Waals surface area contributed by atoms with Gasteiger partial charge in [-0.25, -0.2) is 9.07 Å². The number of aromatic nitrogens is 3. The van der Waals surface area contributed by atoms with E-state index in [-0.39, 0.29) is 17.6 Å². The van der Waals surface area contributed by atoms with Crippen molar-refractivity contribution in [2.24, 2.45) is 5.92 Å². The first-order chi connectivity index (χ1) is 13.2. The standard InChI is InChI=1S/C19H23FN4O3/c20-15-3-5-16(6-4-15)24-18(14-1-2-14)17(22-23-24)19(25)21-8-10-27-12-13-7-9-26-11-13/h3-6,13-14H,1-2,7-12H2,(H,21,25)/t13-/m1/s1. The van der Waals surface area contributed by atoms with Crippen LogP contribution in [0.3, 0.4) is 0 Å². The number of benzene rings is 1. The van der Waals surface area contributed by atoms with Crippen molar-refractivity contribution in [3.63, 3.8) is 0 Å². The lowest BCUT2D eigenvalue weighted by atomic mass is 10.1. The number of ether oxygens (including phenoxy) is 2. The van der Waals surface area contributed by atoms with Crippen LogP contribution in [-0.2, 0) is 9.47 Å². The Hall–Kier alpha value is -2.32. The second kappa shape index (κ2) is 8.14. The molecule has 1 N–H and O–H groups in total. The van der Waals surface area contributed by atoms with E-state index in [0.29, 0.717) is 37.1 Å². The summed E-state index contributed by atoms with van der Waals surface area (Å²) in [6.07, 6.45) is 3.03. The third-order valence-electron chi connectivity index (χ3n) is 4.86. The van der Waals surface area contributed by atoms with Crippen molar-refractivity contribution in [1.82, 2.24) is 20.3 Å². The van der Waals surface area contributed by atoms with Crippen molar-refractivity contribution in [3.05, 3.63) is 41.5 Å². The van der Waals surface area contributed by atoms with Gasteiger partial charge in [0.25, 0.3) is 5.91 Å². The van der Waals surface area contributed by atoms with Crippen molar-refractivity contribution in [1.29, 1.82) is 0 Å². The zero-order valence-electron chi connectivity index (χ0n) is 15.1. The van der Waals surface area contributed by atoms with Crippen LogP contribution in [0, 0.1) is 11.7 Å². The maximum absolute atomic E-state index is 13.2. The summed E-state index contributed by atoms with van der Waals surface area (Å²) >= 11 is 0. The highest BCUT2D eigenvalue weighted by atomic mass is 19.1. The highest BCUT2D eigenvalue weighted by molar-refractivity contribution is 5.93. The third-order valence-corrected chi connectivity index (χ3v) is 4.86. The molecule has 144 valence electrons. The molecule has 2 heterocycles. The summed E-state index contributed by atoms with van der Waals surface area (Å²) in [6.45, 7) is 3.08. The van der Waals surface area contributed by atoms with Crippen LogP contribution in [0.1, 0.15) is 41.4 Å². The van der Waals surface area contributed by atoms with Crippen molar-refractivity contribution in [2.75, 3.05) is 33.0 Å². The molecular weight excluding hydrogens is 351 g/mol. The molecule has 0 bridgehead atoms. The van der Waals surface area contributed by atoms with Gasteiger partial charge in [-0.15, -0.1) is 5.10 Å². The number of rotatable bonds is 8. The van der Waals surface area contributed by atoms with Gasteiger partial charge in [-0.05, 0) is 43.5 Å². The van der Waals surface area contributed by atoms with Gasteiger partial charge in [-0.3, -0.25) is 4.79 Å².